The Kier molecular flexibility index (Phi) is 5.16. The molecular formula is C20H25N3O. The van der Waals surface area contributed by atoms with E-state index in [4.69, 9.17) is 0 Å². The number of nitrogens with zero attached hydrogens (tertiary/aromatic N) is 1. The van der Waals surface area contributed by atoms with Crippen LogP contribution in [0.3, 0.4) is 0 Å². The lowest BCUT2D eigenvalue weighted by Crippen LogP contribution is -2.36. The lowest BCUT2D eigenvalue weighted by molar-refractivity contribution is -0.115. The summed E-state index contributed by atoms with van der Waals surface area (Å²) in [7, 11) is 0. The highest BCUT2D eigenvalue weighted by molar-refractivity contribution is 5.95. The maximum atomic E-state index is 12.6. The third kappa shape index (κ3) is 3.60. The molecular weight excluding hydrogens is 298 g/mol. The number of carbonyl (C=O) groups excluding carboxylic acids is 1. The van der Waals surface area contributed by atoms with E-state index < -0.39 is 0 Å². The number of benzene rings is 2. The van der Waals surface area contributed by atoms with Crippen molar-refractivity contribution in [3.63, 3.8) is 0 Å². The van der Waals surface area contributed by atoms with Gasteiger partial charge in [0, 0.05) is 31.0 Å². The summed E-state index contributed by atoms with van der Waals surface area (Å²) in [6.45, 7) is 7.09. The Hall–Kier alpha value is -2.33. The topological polar surface area (TPSA) is 44.4 Å². The van der Waals surface area contributed by atoms with Crippen molar-refractivity contribution in [1.82, 2.24) is 5.32 Å². The Bertz CT molecular complexity index is 727. The summed E-state index contributed by atoms with van der Waals surface area (Å²) in [4.78, 5) is 14.8. The average Bonchev–Trinajstić information content (AvgIpc) is 2.79. The fourth-order valence-corrected chi connectivity index (χ4v) is 3.24. The van der Waals surface area contributed by atoms with Crippen LogP contribution in [0.25, 0.3) is 0 Å². The van der Waals surface area contributed by atoms with Crippen molar-refractivity contribution in [1.29, 1.82) is 0 Å². The van der Waals surface area contributed by atoms with E-state index >= 15 is 0 Å². The molecule has 0 fully saturated rings. The predicted molar refractivity (Wildman–Crippen MR) is 99.5 cm³/mol. The monoisotopic (exact) mass is 323 g/mol. The van der Waals surface area contributed by atoms with Gasteiger partial charge in [0.05, 0.1) is 6.54 Å². The van der Waals surface area contributed by atoms with Crippen molar-refractivity contribution < 1.29 is 4.79 Å². The van der Waals surface area contributed by atoms with E-state index in [1.165, 1.54) is 11.1 Å². The summed E-state index contributed by atoms with van der Waals surface area (Å²) in [5.74, 6) is 0.0377. The molecule has 1 amide bonds. The number of para-hydroxylation sites is 2. The molecule has 1 aliphatic heterocycles. The van der Waals surface area contributed by atoms with E-state index in [1.54, 1.807) is 0 Å². The first kappa shape index (κ1) is 16.5. The highest BCUT2D eigenvalue weighted by Gasteiger charge is 2.18. The molecule has 0 saturated heterocycles. The SMILES string of the molecule is CCc1cccc(C)c1NC(=O)CN1CCNCc2ccccc21. The highest BCUT2D eigenvalue weighted by atomic mass is 16.2. The van der Waals surface area contributed by atoms with E-state index in [-0.39, 0.29) is 5.91 Å². The average molecular weight is 323 g/mol. The number of aryl methyl sites for hydroxylation is 2. The zero-order valence-electron chi connectivity index (χ0n) is 14.4. The first-order valence-corrected chi connectivity index (χ1v) is 8.61. The Morgan fingerprint density at radius 2 is 2.04 bits per heavy atom. The van der Waals surface area contributed by atoms with E-state index in [0.717, 1.165) is 43.0 Å². The molecule has 2 N–H and O–H groups in total. The minimum absolute atomic E-state index is 0.0377. The fraction of sp³-hybridized carbons (Fsp3) is 0.350. The number of fused-ring (bicyclic) bond motifs is 1. The summed E-state index contributed by atoms with van der Waals surface area (Å²) in [5, 5.41) is 6.54. The number of amides is 1. The summed E-state index contributed by atoms with van der Waals surface area (Å²) in [6.07, 6.45) is 0.910. The minimum Gasteiger partial charge on any atom is -0.361 e. The fourth-order valence-electron chi connectivity index (χ4n) is 3.24. The number of hydrogen-bond donors (Lipinski definition) is 2. The van der Waals surface area contributed by atoms with Gasteiger partial charge in [-0.1, -0.05) is 43.3 Å². The van der Waals surface area contributed by atoms with Crippen LogP contribution in [0.4, 0.5) is 11.4 Å². The van der Waals surface area contributed by atoms with Crippen molar-refractivity contribution in [2.75, 3.05) is 29.9 Å². The quantitative estimate of drug-likeness (QED) is 0.909. The molecule has 2 aromatic carbocycles. The Labute approximate surface area is 143 Å². The second kappa shape index (κ2) is 7.49. The molecule has 0 saturated carbocycles. The highest BCUT2D eigenvalue weighted by Crippen LogP contribution is 2.23. The van der Waals surface area contributed by atoms with Gasteiger partial charge in [-0.2, -0.15) is 0 Å². The molecule has 1 heterocycles. The van der Waals surface area contributed by atoms with Crippen molar-refractivity contribution in [2.24, 2.45) is 0 Å². The number of carbonyl (C=O) groups is 1. The molecule has 0 aliphatic carbocycles. The van der Waals surface area contributed by atoms with Crippen LogP contribution in [0.5, 0.6) is 0 Å². The number of hydrogen-bond acceptors (Lipinski definition) is 3. The van der Waals surface area contributed by atoms with Crippen molar-refractivity contribution in [2.45, 2.75) is 26.8 Å². The third-order valence-electron chi connectivity index (χ3n) is 4.55. The van der Waals surface area contributed by atoms with Crippen LogP contribution >= 0.6 is 0 Å². The largest absolute Gasteiger partial charge is 0.361 e. The molecule has 0 aromatic heterocycles. The third-order valence-corrected chi connectivity index (χ3v) is 4.55. The van der Waals surface area contributed by atoms with Crippen LogP contribution < -0.4 is 15.5 Å². The van der Waals surface area contributed by atoms with Gasteiger partial charge in [0.2, 0.25) is 5.91 Å². The van der Waals surface area contributed by atoms with Crippen LogP contribution in [0.1, 0.15) is 23.6 Å². The number of nitrogens with one attached hydrogen (secondary N) is 2. The molecule has 1 aliphatic rings. The predicted octanol–water partition coefficient (Wildman–Crippen LogP) is 3.11. The van der Waals surface area contributed by atoms with Crippen LogP contribution in [0, 0.1) is 6.92 Å². The summed E-state index contributed by atoms with van der Waals surface area (Å²) in [6, 6.07) is 14.5. The van der Waals surface area contributed by atoms with Gasteiger partial charge in [0.25, 0.3) is 0 Å². The number of rotatable bonds is 4. The molecule has 0 bridgehead atoms. The van der Waals surface area contributed by atoms with Gasteiger partial charge in [-0.05, 0) is 36.1 Å². The molecule has 0 radical (unpaired) electrons. The zero-order chi connectivity index (χ0) is 16.9. The molecule has 3 rings (SSSR count). The van der Waals surface area contributed by atoms with Crippen LogP contribution in [0.2, 0.25) is 0 Å². The van der Waals surface area contributed by atoms with Gasteiger partial charge in [0.15, 0.2) is 0 Å². The van der Waals surface area contributed by atoms with Crippen molar-refractivity contribution >= 4 is 17.3 Å². The minimum atomic E-state index is 0.0377. The van der Waals surface area contributed by atoms with Gasteiger partial charge in [0.1, 0.15) is 0 Å². The number of anilines is 2. The van der Waals surface area contributed by atoms with Gasteiger partial charge in [-0.3, -0.25) is 4.79 Å². The van der Waals surface area contributed by atoms with Crippen LogP contribution in [-0.2, 0) is 17.8 Å². The maximum absolute atomic E-state index is 12.6. The van der Waals surface area contributed by atoms with Gasteiger partial charge in [-0.25, -0.2) is 0 Å². The van der Waals surface area contributed by atoms with Gasteiger partial charge in [-0.15, -0.1) is 0 Å². The Balaban J connectivity index is 1.76. The van der Waals surface area contributed by atoms with Gasteiger partial charge >= 0.3 is 0 Å². The summed E-state index contributed by atoms with van der Waals surface area (Å²) in [5.41, 5.74) is 5.65. The molecule has 4 heteroatoms. The maximum Gasteiger partial charge on any atom is 0.243 e. The summed E-state index contributed by atoms with van der Waals surface area (Å²) >= 11 is 0. The molecule has 0 unspecified atom stereocenters. The van der Waals surface area contributed by atoms with E-state index in [0.29, 0.717) is 6.54 Å². The van der Waals surface area contributed by atoms with Crippen molar-refractivity contribution in [3.05, 3.63) is 59.2 Å². The first-order valence-electron chi connectivity index (χ1n) is 8.61. The lowest BCUT2D eigenvalue weighted by Gasteiger charge is -2.24. The molecule has 126 valence electrons. The second-order valence-electron chi connectivity index (χ2n) is 6.24. The Morgan fingerprint density at radius 3 is 2.88 bits per heavy atom. The van der Waals surface area contributed by atoms with Crippen LogP contribution in [-0.4, -0.2) is 25.5 Å². The van der Waals surface area contributed by atoms with Crippen molar-refractivity contribution in [3.8, 4) is 0 Å². The van der Waals surface area contributed by atoms with E-state index in [1.807, 2.05) is 31.2 Å². The lowest BCUT2D eigenvalue weighted by atomic mass is 10.1. The summed E-state index contributed by atoms with van der Waals surface area (Å²) < 4.78 is 0. The molecule has 4 nitrogen and oxygen atoms in total. The zero-order valence-corrected chi connectivity index (χ0v) is 14.4. The second-order valence-corrected chi connectivity index (χ2v) is 6.24. The van der Waals surface area contributed by atoms with Crippen LogP contribution in [0.15, 0.2) is 42.5 Å². The Morgan fingerprint density at radius 1 is 1.21 bits per heavy atom. The molecule has 0 atom stereocenters. The van der Waals surface area contributed by atoms with E-state index in [9.17, 15) is 4.79 Å². The first-order chi connectivity index (χ1) is 11.7. The molecule has 0 spiro atoms. The molecule has 2 aromatic rings. The van der Waals surface area contributed by atoms with E-state index in [2.05, 4.69) is 40.7 Å². The normalized spacial score (nSPS) is 14.0. The standard InChI is InChI=1S/C20H25N3O/c1-3-16-9-6-7-15(2)20(16)22-19(24)14-23-12-11-21-13-17-8-4-5-10-18(17)23/h4-10,21H,3,11-14H2,1-2H3,(H,22,24). The smallest absolute Gasteiger partial charge is 0.243 e. The molecule has 24 heavy (non-hydrogen) atoms. The van der Waals surface area contributed by atoms with Gasteiger partial charge < -0.3 is 15.5 Å².